The molecule has 0 spiro atoms. The highest BCUT2D eigenvalue weighted by Crippen LogP contribution is 2.02. The van der Waals surface area contributed by atoms with E-state index in [2.05, 4.69) is 22.0 Å². The summed E-state index contributed by atoms with van der Waals surface area (Å²) < 4.78 is 10.0. The van der Waals surface area contributed by atoms with Gasteiger partial charge in [0.2, 0.25) is 0 Å². The Balaban J connectivity index is 0. The number of rotatable bonds is 6. The van der Waals surface area contributed by atoms with E-state index in [1.54, 1.807) is 0 Å². The lowest BCUT2D eigenvalue weighted by Gasteiger charge is -2.34. The van der Waals surface area contributed by atoms with Gasteiger partial charge in [-0.25, -0.2) is 0 Å². The predicted molar refractivity (Wildman–Crippen MR) is 65.9 cm³/mol. The molecule has 0 amide bonds. The van der Waals surface area contributed by atoms with E-state index in [0.29, 0.717) is 0 Å². The molecular formula is C11H29N3. The Hall–Kier alpha value is -0.120. The summed E-state index contributed by atoms with van der Waals surface area (Å²) in [6.07, 6.45) is 2.68. The van der Waals surface area contributed by atoms with Crippen LogP contribution in [0.2, 0.25) is 0 Å². The van der Waals surface area contributed by atoms with Crippen LogP contribution in [0, 0.1) is 0 Å². The summed E-state index contributed by atoms with van der Waals surface area (Å²) in [5.41, 5.74) is 0. The van der Waals surface area contributed by atoms with Gasteiger partial charge < -0.3 is 10.2 Å². The largest absolute Gasteiger partial charge is 0.318 e. The maximum absolute atomic E-state index is 5.00. The smallest absolute Gasteiger partial charge is 0.0110 e. The van der Waals surface area contributed by atoms with Crippen LogP contribution in [0.15, 0.2) is 0 Å². The predicted octanol–water partition coefficient (Wildman–Crippen LogP) is 1.12. The van der Waals surface area contributed by atoms with Crippen molar-refractivity contribution in [3.05, 3.63) is 0 Å². The minimum atomic E-state index is 0. The standard InChI is InChI=1S/C11H25N3.2H2/c1-3-4-6-13-8-10-14(11-9-13)7-5-12-2;;/h12H,3-11H2,1-2H3;2*1H/i;1+1D;1+1. The summed E-state index contributed by atoms with van der Waals surface area (Å²) in [6.45, 7) is 10.9. The second-order valence-corrected chi connectivity index (χ2v) is 4.14. The Labute approximate surface area is 93.0 Å². The second kappa shape index (κ2) is 7.21. The van der Waals surface area contributed by atoms with Crippen LogP contribution in [-0.2, 0) is 0 Å². The molecule has 1 N–H and O–H groups in total. The number of hydrogen-bond donors (Lipinski definition) is 1. The Morgan fingerprint density at radius 1 is 1.14 bits per heavy atom. The molecule has 1 aliphatic heterocycles. The van der Waals surface area contributed by atoms with E-state index < -0.39 is 0 Å². The molecule has 1 fully saturated rings. The molecule has 14 heavy (non-hydrogen) atoms. The Morgan fingerprint density at radius 2 is 1.71 bits per heavy atom. The van der Waals surface area contributed by atoms with Crippen molar-refractivity contribution in [2.45, 2.75) is 19.8 Å². The van der Waals surface area contributed by atoms with Gasteiger partial charge in [-0.2, -0.15) is 0 Å². The second-order valence-electron chi connectivity index (χ2n) is 4.14. The molecule has 0 aromatic heterocycles. The van der Waals surface area contributed by atoms with Crippen LogP contribution in [0.5, 0.6) is 0 Å². The van der Waals surface area contributed by atoms with Crippen molar-refractivity contribution in [1.29, 1.82) is 0 Å². The Bertz CT molecular complexity index is 126. The zero-order valence-corrected chi connectivity index (χ0v) is 9.76. The third-order valence-electron chi connectivity index (χ3n) is 2.97. The molecule has 0 bridgehead atoms. The number of likely N-dealkylation sites (N-methyl/N-ethyl adjacent to an activating group) is 1. The zero-order valence-electron chi connectivity index (χ0n) is 11.8. The maximum Gasteiger partial charge on any atom is 0.0110 e. The number of unbranched alkanes of at least 4 members (excludes halogenated alkanes) is 1. The normalized spacial score (nSPS) is 20.7. The molecule has 88 valence electrons. The van der Waals surface area contributed by atoms with E-state index in [9.17, 15) is 0 Å². The lowest BCUT2D eigenvalue weighted by atomic mass is 10.2. The first-order chi connectivity index (χ1) is 7.86. The maximum atomic E-state index is 5.00. The van der Waals surface area contributed by atoms with Crippen molar-refractivity contribution < 1.29 is 4.40 Å². The van der Waals surface area contributed by atoms with Gasteiger partial charge in [0.1, 0.15) is 0 Å². The van der Waals surface area contributed by atoms with Crippen LogP contribution in [0.25, 0.3) is 0 Å². The average molecular weight is 206 g/mol. The fraction of sp³-hybridized carbons (Fsp3) is 1.00. The van der Waals surface area contributed by atoms with Crippen LogP contribution < -0.4 is 5.32 Å². The summed E-state index contributed by atoms with van der Waals surface area (Å²) in [6, 6.07) is 0. The van der Waals surface area contributed by atoms with E-state index in [1.165, 1.54) is 52.1 Å². The SMILES string of the molecule is CCCCN1CCN(CCNC)CC1.[2HH].[2H][2H]. The Morgan fingerprint density at radius 3 is 2.21 bits per heavy atom. The summed E-state index contributed by atoms with van der Waals surface area (Å²) in [4.78, 5) is 5.15. The molecule has 1 heterocycles. The summed E-state index contributed by atoms with van der Waals surface area (Å²) in [5, 5.41) is 3.21. The summed E-state index contributed by atoms with van der Waals surface area (Å²) in [5.74, 6) is 0. The molecule has 0 radical (unpaired) electrons. The van der Waals surface area contributed by atoms with Gasteiger partial charge in [-0.3, -0.25) is 4.90 Å². The molecule has 0 aliphatic carbocycles. The van der Waals surface area contributed by atoms with Gasteiger partial charge in [0.05, 0.1) is 0 Å². The van der Waals surface area contributed by atoms with E-state index in [0.717, 1.165) is 6.54 Å². The van der Waals surface area contributed by atoms with Crippen LogP contribution in [-0.4, -0.2) is 62.7 Å². The van der Waals surface area contributed by atoms with Gasteiger partial charge in [-0.15, -0.1) is 0 Å². The van der Waals surface area contributed by atoms with Gasteiger partial charge in [-0.1, -0.05) is 13.3 Å². The van der Waals surface area contributed by atoms with Crippen molar-refractivity contribution in [3.8, 4) is 0 Å². The highest BCUT2D eigenvalue weighted by molar-refractivity contribution is 4.71. The highest BCUT2D eigenvalue weighted by Gasteiger charge is 2.14. The number of nitrogens with zero attached hydrogens (tertiary/aromatic N) is 2. The highest BCUT2D eigenvalue weighted by atomic mass is 15.3. The topological polar surface area (TPSA) is 18.5 Å². The number of hydrogen-bond acceptors (Lipinski definition) is 3. The number of piperazine rings is 1. The van der Waals surface area contributed by atoms with Crippen molar-refractivity contribution in [2.75, 3.05) is 52.9 Å². The first-order valence-corrected chi connectivity index (χ1v) is 5.96. The lowest BCUT2D eigenvalue weighted by molar-refractivity contribution is 0.132. The molecule has 0 saturated carbocycles. The van der Waals surface area contributed by atoms with Gasteiger partial charge in [0, 0.05) is 43.7 Å². The first-order valence-electron chi connectivity index (χ1n) is 6.96. The molecule has 1 rings (SSSR count). The quantitative estimate of drug-likeness (QED) is 0.702. The Kier molecular flexibility index (Phi) is 5.35. The van der Waals surface area contributed by atoms with E-state index in [-0.39, 0.29) is 1.43 Å². The van der Waals surface area contributed by atoms with Crippen LogP contribution in [0.4, 0.5) is 0 Å². The molecule has 0 aromatic rings. The molecule has 3 nitrogen and oxygen atoms in total. The minimum absolute atomic E-state index is 0. The van der Waals surface area contributed by atoms with E-state index in [4.69, 9.17) is 2.97 Å². The minimum Gasteiger partial charge on any atom is -0.318 e. The molecule has 0 atom stereocenters. The fourth-order valence-electron chi connectivity index (χ4n) is 1.89. The van der Waals surface area contributed by atoms with Crippen LogP contribution in [0.1, 0.15) is 24.2 Å². The lowest BCUT2D eigenvalue weighted by Crippen LogP contribution is -2.48. The third-order valence-corrected chi connectivity index (χ3v) is 2.97. The molecule has 1 aliphatic rings. The van der Waals surface area contributed by atoms with Crippen LogP contribution in [0.3, 0.4) is 0 Å². The summed E-state index contributed by atoms with van der Waals surface area (Å²) in [7, 11) is 2.03. The van der Waals surface area contributed by atoms with Crippen molar-refractivity contribution in [1.82, 2.24) is 15.1 Å². The number of nitrogens with one attached hydrogen (secondary N) is 1. The fourth-order valence-corrected chi connectivity index (χ4v) is 1.89. The van der Waals surface area contributed by atoms with Gasteiger partial charge in [-0.05, 0) is 20.0 Å². The monoisotopic (exact) mass is 206 g/mol. The molecule has 3 heteroatoms. The third kappa shape index (κ3) is 4.40. The average Bonchev–Trinajstić information content (AvgIpc) is 2.37. The van der Waals surface area contributed by atoms with Crippen molar-refractivity contribution in [2.24, 2.45) is 0 Å². The van der Waals surface area contributed by atoms with E-state index in [1.807, 2.05) is 7.05 Å². The van der Waals surface area contributed by atoms with Crippen LogP contribution >= 0.6 is 0 Å². The molecule has 1 saturated heterocycles. The van der Waals surface area contributed by atoms with Gasteiger partial charge in [0.25, 0.3) is 0 Å². The van der Waals surface area contributed by atoms with E-state index >= 15 is 0 Å². The van der Waals surface area contributed by atoms with Crippen molar-refractivity contribution in [3.63, 3.8) is 0 Å². The van der Waals surface area contributed by atoms with Crippen molar-refractivity contribution >= 4 is 0 Å². The molecule has 0 unspecified atom stereocenters. The van der Waals surface area contributed by atoms with Gasteiger partial charge >= 0.3 is 0 Å². The zero-order chi connectivity index (χ0) is 12.2. The molecule has 0 aromatic carbocycles. The van der Waals surface area contributed by atoms with Gasteiger partial charge in [0.15, 0.2) is 0 Å². The summed E-state index contributed by atoms with van der Waals surface area (Å²) >= 11 is 0. The first kappa shape index (κ1) is 10.4. The molecular weight excluding hydrogens is 174 g/mol.